The normalized spacial score (nSPS) is 10.4. The van der Waals surface area contributed by atoms with Crippen LogP contribution in [-0.4, -0.2) is 22.9 Å². The Balaban J connectivity index is 1.66. The number of hydrogen-bond donors (Lipinski definition) is 2. The van der Waals surface area contributed by atoms with Gasteiger partial charge in [-0.2, -0.15) is 0 Å². The van der Waals surface area contributed by atoms with Gasteiger partial charge in [-0.15, -0.1) is 0 Å². The molecule has 0 saturated heterocycles. The van der Waals surface area contributed by atoms with E-state index in [0.717, 1.165) is 28.1 Å². The number of rotatable bonds is 7. The van der Waals surface area contributed by atoms with Crippen LogP contribution in [0.1, 0.15) is 32.7 Å². The zero-order chi connectivity index (χ0) is 19.9. The van der Waals surface area contributed by atoms with E-state index in [1.165, 1.54) is 0 Å². The summed E-state index contributed by atoms with van der Waals surface area (Å²) in [7, 11) is 1.61. The zero-order valence-electron chi connectivity index (χ0n) is 16.3. The van der Waals surface area contributed by atoms with Gasteiger partial charge in [-0.05, 0) is 54.8 Å². The van der Waals surface area contributed by atoms with Gasteiger partial charge in [-0.3, -0.25) is 9.78 Å². The number of nitrogens with one attached hydrogen (secondary N) is 2. The lowest BCUT2D eigenvalue weighted by molar-refractivity contribution is 0.0963. The van der Waals surface area contributed by atoms with Gasteiger partial charge < -0.3 is 15.4 Å². The highest BCUT2D eigenvalue weighted by Crippen LogP contribution is 2.26. The summed E-state index contributed by atoms with van der Waals surface area (Å²) in [5.74, 6) is 1.41. The van der Waals surface area contributed by atoms with Gasteiger partial charge in [0.1, 0.15) is 18.2 Å². The van der Waals surface area contributed by atoms with Gasteiger partial charge in [0.25, 0.3) is 5.91 Å². The van der Waals surface area contributed by atoms with Crippen LogP contribution in [0.4, 0.5) is 5.82 Å². The Morgan fingerprint density at radius 3 is 2.50 bits per heavy atom. The van der Waals surface area contributed by atoms with Gasteiger partial charge in [0.05, 0.1) is 5.69 Å². The van der Waals surface area contributed by atoms with E-state index in [4.69, 9.17) is 4.74 Å². The number of carbonyl (C=O) groups excluding carboxylic acids is 1. The second-order valence-corrected chi connectivity index (χ2v) is 6.53. The molecule has 0 radical (unpaired) electrons. The first-order valence-corrected chi connectivity index (χ1v) is 9.11. The summed E-state index contributed by atoms with van der Waals surface area (Å²) < 4.78 is 5.99. The first-order chi connectivity index (χ1) is 13.6. The molecule has 2 heterocycles. The molecule has 1 aromatic carbocycles. The van der Waals surface area contributed by atoms with Crippen molar-refractivity contribution < 1.29 is 9.53 Å². The third kappa shape index (κ3) is 4.85. The first kappa shape index (κ1) is 19.4. The van der Waals surface area contributed by atoms with Gasteiger partial charge in [-0.25, -0.2) is 4.98 Å². The number of aryl methyl sites for hydroxylation is 2. The average molecular weight is 376 g/mol. The molecule has 6 heteroatoms. The van der Waals surface area contributed by atoms with E-state index >= 15 is 0 Å². The highest BCUT2D eigenvalue weighted by atomic mass is 16.5. The van der Waals surface area contributed by atoms with Crippen molar-refractivity contribution in [2.45, 2.75) is 27.0 Å². The molecule has 0 aliphatic heterocycles. The lowest BCUT2D eigenvalue weighted by Gasteiger charge is -2.14. The number of ether oxygens (including phenoxy) is 1. The molecular formula is C22H24N4O2. The first-order valence-electron chi connectivity index (χ1n) is 9.11. The molecule has 0 unspecified atom stereocenters. The number of benzene rings is 1. The Labute approximate surface area is 165 Å². The van der Waals surface area contributed by atoms with Gasteiger partial charge in [0.2, 0.25) is 0 Å². The molecule has 0 spiro atoms. The van der Waals surface area contributed by atoms with Crippen LogP contribution in [0.15, 0.2) is 54.9 Å². The molecule has 0 aliphatic rings. The van der Waals surface area contributed by atoms with Crippen LogP contribution in [0.25, 0.3) is 0 Å². The molecule has 2 N–H and O–H groups in total. The average Bonchev–Trinajstić information content (AvgIpc) is 2.72. The van der Waals surface area contributed by atoms with Crippen molar-refractivity contribution in [3.8, 4) is 5.75 Å². The van der Waals surface area contributed by atoms with Crippen LogP contribution in [-0.2, 0) is 13.2 Å². The minimum absolute atomic E-state index is 0.133. The van der Waals surface area contributed by atoms with Crippen LogP contribution in [0, 0.1) is 13.8 Å². The van der Waals surface area contributed by atoms with E-state index in [0.29, 0.717) is 24.5 Å². The largest absolute Gasteiger partial charge is 0.487 e. The molecule has 3 rings (SSSR count). The van der Waals surface area contributed by atoms with Crippen molar-refractivity contribution in [2.24, 2.45) is 0 Å². The van der Waals surface area contributed by atoms with Crippen molar-refractivity contribution in [1.82, 2.24) is 15.3 Å². The van der Waals surface area contributed by atoms with Gasteiger partial charge in [-0.1, -0.05) is 18.2 Å². The second-order valence-electron chi connectivity index (χ2n) is 6.53. The fourth-order valence-electron chi connectivity index (χ4n) is 3.00. The highest BCUT2D eigenvalue weighted by Gasteiger charge is 2.09. The van der Waals surface area contributed by atoms with Crippen molar-refractivity contribution in [3.63, 3.8) is 0 Å². The van der Waals surface area contributed by atoms with Crippen LogP contribution in [0.5, 0.6) is 5.75 Å². The third-order valence-corrected chi connectivity index (χ3v) is 4.33. The molecule has 0 bridgehead atoms. The minimum atomic E-state index is -0.133. The van der Waals surface area contributed by atoms with Crippen LogP contribution in [0.2, 0.25) is 0 Å². The zero-order valence-corrected chi connectivity index (χ0v) is 16.3. The molecule has 0 atom stereocenters. The maximum atomic E-state index is 11.7. The third-order valence-electron chi connectivity index (χ3n) is 4.33. The molecule has 28 heavy (non-hydrogen) atoms. The fourth-order valence-corrected chi connectivity index (χ4v) is 3.00. The topological polar surface area (TPSA) is 76.1 Å². The predicted octanol–water partition coefficient (Wildman–Crippen LogP) is 3.64. The number of hydrogen-bond acceptors (Lipinski definition) is 5. The SMILES string of the molecule is CNC(=O)c1ccnc(NCc2cc(C)c(OCc3ccccn3)c(C)c2)c1. The number of anilines is 1. The maximum Gasteiger partial charge on any atom is 0.251 e. The molecule has 0 aliphatic carbocycles. The van der Waals surface area contributed by atoms with E-state index in [1.807, 2.05) is 32.0 Å². The Kier molecular flexibility index (Phi) is 6.22. The minimum Gasteiger partial charge on any atom is -0.487 e. The maximum absolute atomic E-state index is 11.7. The van der Waals surface area contributed by atoms with E-state index in [1.54, 1.807) is 31.6 Å². The number of amides is 1. The summed E-state index contributed by atoms with van der Waals surface area (Å²) in [5.41, 5.74) is 4.73. The summed E-state index contributed by atoms with van der Waals surface area (Å²) in [5, 5.41) is 5.88. The molecule has 0 fully saturated rings. The summed E-state index contributed by atoms with van der Waals surface area (Å²) in [4.78, 5) is 20.3. The Morgan fingerprint density at radius 2 is 1.82 bits per heavy atom. The Morgan fingerprint density at radius 1 is 1.04 bits per heavy atom. The second kappa shape index (κ2) is 8.99. The smallest absolute Gasteiger partial charge is 0.251 e. The molecular weight excluding hydrogens is 352 g/mol. The van der Waals surface area contributed by atoms with Crippen LogP contribution >= 0.6 is 0 Å². The molecule has 1 amide bonds. The van der Waals surface area contributed by atoms with E-state index in [-0.39, 0.29) is 5.91 Å². The molecule has 2 aromatic heterocycles. The van der Waals surface area contributed by atoms with Crippen molar-refractivity contribution in [3.05, 3.63) is 82.8 Å². The summed E-state index contributed by atoms with van der Waals surface area (Å²) in [6, 6.07) is 13.4. The van der Waals surface area contributed by atoms with E-state index in [9.17, 15) is 4.79 Å². The summed E-state index contributed by atoms with van der Waals surface area (Å²) in [6.45, 7) is 5.12. The number of aromatic nitrogens is 2. The standard InChI is InChI=1S/C22H24N4O2/c1-15-10-17(13-26-20-12-18(7-9-25-20)22(27)23-3)11-16(2)21(15)28-14-19-6-4-5-8-24-19/h4-12H,13-14H2,1-3H3,(H,23,27)(H,25,26). The summed E-state index contributed by atoms with van der Waals surface area (Å²) in [6.07, 6.45) is 3.39. The lowest BCUT2D eigenvalue weighted by atomic mass is 10.1. The quantitative estimate of drug-likeness (QED) is 0.658. The monoisotopic (exact) mass is 376 g/mol. The van der Waals surface area contributed by atoms with Gasteiger partial charge >= 0.3 is 0 Å². The van der Waals surface area contributed by atoms with Crippen molar-refractivity contribution in [1.29, 1.82) is 0 Å². The molecule has 3 aromatic rings. The van der Waals surface area contributed by atoms with E-state index in [2.05, 4.69) is 32.7 Å². The van der Waals surface area contributed by atoms with Crippen LogP contribution < -0.4 is 15.4 Å². The summed E-state index contributed by atoms with van der Waals surface area (Å²) >= 11 is 0. The van der Waals surface area contributed by atoms with Gasteiger partial charge in [0, 0.05) is 31.5 Å². The molecule has 144 valence electrons. The highest BCUT2D eigenvalue weighted by molar-refractivity contribution is 5.94. The molecule has 6 nitrogen and oxygen atoms in total. The Bertz CT molecular complexity index is 935. The number of nitrogens with zero attached hydrogens (tertiary/aromatic N) is 2. The fraction of sp³-hybridized carbons (Fsp3) is 0.227. The van der Waals surface area contributed by atoms with Crippen LogP contribution in [0.3, 0.4) is 0 Å². The number of pyridine rings is 2. The van der Waals surface area contributed by atoms with Crippen molar-refractivity contribution in [2.75, 3.05) is 12.4 Å². The molecule has 0 saturated carbocycles. The van der Waals surface area contributed by atoms with Gasteiger partial charge in [0.15, 0.2) is 0 Å². The van der Waals surface area contributed by atoms with Crippen molar-refractivity contribution >= 4 is 11.7 Å². The van der Waals surface area contributed by atoms with E-state index < -0.39 is 0 Å². The predicted molar refractivity (Wildman–Crippen MR) is 109 cm³/mol. The number of carbonyl (C=O) groups is 1. The lowest BCUT2D eigenvalue weighted by Crippen LogP contribution is -2.18. The Hall–Kier alpha value is -3.41.